The molecule has 0 radical (unpaired) electrons. The monoisotopic (exact) mass is 592 g/mol. The van der Waals surface area contributed by atoms with Gasteiger partial charge in [-0.15, -0.1) is 0 Å². The minimum Gasteiger partial charge on any atom is -0.480 e. The number of alkyl halides is 2. The Labute approximate surface area is 228 Å². The molecular weight excluding hydrogens is 574 g/mol. The average Bonchev–Trinajstić information content (AvgIpc) is 3.67. The summed E-state index contributed by atoms with van der Waals surface area (Å²) in [5, 5.41) is 30.5. The maximum atomic E-state index is 15.7. The van der Waals surface area contributed by atoms with E-state index >= 15 is 17.6 Å². The maximum absolute atomic E-state index is 15.7. The molecule has 1 unspecified atom stereocenters. The van der Waals surface area contributed by atoms with Gasteiger partial charge in [0.15, 0.2) is 0 Å². The average molecular weight is 593 g/mol. The molecule has 2 aromatic rings. The van der Waals surface area contributed by atoms with Crippen molar-refractivity contribution in [3.8, 4) is 6.07 Å². The standard InChI is InChI=1S/C25H19Cl2F5N2O5/c26-12-6-7-15(17(28)8-12)24(10-33)18(13-2-1-3-16(27)19(13)29)20(22(36)37)34(25(30,31)23(38)39-32)21(24)14(9-35)11-4-5-11/h1-3,6-8,11,14,18,20-21,35H,4-5,9H2,(H,36,37)/t14?,18-,20+,21-,24+/m0/s1. The number of carbonyl (C=O) groups excluding carboxylic acids is 1. The smallest absolute Gasteiger partial charge is 0.434 e. The van der Waals surface area contributed by atoms with Crippen molar-refractivity contribution >= 4 is 35.1 Å². The fourth-order valence-electron chi connectivity index (χ4n) is 5.85. The fourth-order valence-corrected chi connectivity index (χ4v) is 6.19. The third kappa shape index (κ3) is 4.51. The number of hydrogen-bond acceptors (Lipinski definition) is 6. The first-order chi connectivity index (χ1) is 18.4. The summed E-state index contributed by atoms with van der Waals surface area (Å²) in [5.41, 5.74) is -4.02. The molecule has 0 bridgehead atoms. The number of aliphatic hydroxyl groups excluding tert-OH is 1. The van der Waals surface area contributed by atoms with Crippen LogP contribution in [-0.2, 0) is 19.9 Å². The van der Waals surface area contributed by atoms with Gasteiger partial charge in [0.05, 0.1) is 11.1 Å². The van der Waals surface area contributed by atoms with E-state index < -0.39 is 87.6 Å². The van der Waals surface area contributed by atoms with E-state index in [4.69, 9.17) is 23.2 Å². The van der Waals surface area contributed by atoms with Gasteiger partial charge in [-0.3, -0.25) is 4.79 Å². The summed E-state index contributed by atoms with van der Waals surface area (Å²) in [6.07, 6.45) is 0.709. The number of carboxylic acids is 1. The highest BCUT2D eigenvalue weighted by Crippen LogP contribution is 2.60. The molecule has 7 nitrogen and oxygen atoms in total. The van der Waals surface area contributed by atoms with E-state index in [-0.39, 0.29) is 9.92 Å². The van der Waals surface area contributed by atoms with Crippen LogP contribution in [0.4, 0.5) is 22.1 Å². The topological polar surface area (TPSA) is 111 Å². The SMILES string of the molecule is N#C[C@]1(c2ccc(Cl)cc2F)[C@H](C(CO)C2CC2)N(C(F)(F)C(=O)OF)[C@@H](C(=O)O)[C@@H]1c1cccc(Cl)c1F. The van der Waals surface area contributed by atoms with Crippen molar-refractivity contribution in [3.05, 3.63) is 69.2 Å². The summed E-state index contributed by atoms with van der Waals surface area (Å²) in [6, 6.07) is -2.09. The zero-order valence-electron chi connectivity index (χ0n) is 19.6. The van der Waals surface area contributed by atoms with Crippen molar-refractivity contribution in [1.82, 2.24) is 4.90 Å². The normalized spacial score (nSPS) is 26.2. The van der Waals surface area contributed by atoms with Gasteiger partial charge in [-0.2, -0.15) is 14.0 Å². The molecule has 1 aliphatic carbocycles. The van der Waals surface area contributed by atoms with Crippen molar-refractivity contribution < 1.29 is 46.8 Å². The van der Waals surface area contributed by atoms with Gasteiger partial charge in [0.25, 0.3) is 0 Å². The van der Waals surface area contributed by atoms with Crippen LogP contribution in [0.5, 0.6) is 0 Å². The first kappa shape index (κ1) is 29.0. The predicted molar refractivity (Wildman–Crippen MR) is 125 cm³/mol. The molecule has 5 atom stereocenters. The van der Waals surface area contributed by atoms with Gasteiger partial charge in [0.1, 0.15) is 23.1 Å². The first-order valence-electron chi connectivity index (χ1n) is 11.5. The van der Waals surface area contributed by atoms with E-state index in [1.54, 1.807) is 6.07 Å². The summed E-state index contributed by atoms with van der Waals surface area (Å²) < 4.78 is 75.5. The Morgan fingerprint density at radius 1 is 1.23 bits per heavy atom. The number of benzene rings is 2. The number of likely N-dealkylation sites (tertiary alicyclic amines) is 1. The van der Waals surface area contributed by atoms with Crippen molar-refractivity contribution in [2.75, 3.05) is 6.61 Å². The van der Waals surface area contributed by atoms with Crippen molar-refractivity contribution in [2.24, 2.45) is 11.8 Å². The molecule has 1 heterocycles. The van der Waals surface area contributed by atoms with E-state index in [0.29, 0.717) is 12.8 Å². The number of halogens is 7. The summed E-state index contributed by atoms with van der Waals surface area (Å²) in [5.74, 6) is -11.5. The Hall–Kier alpha value is -2.98. The Morgan fingerprint density at radius 3 is 2.41 bits per heavy atom. The first-order valence-corrected chi connectivity index (χ1v) is 12.3. The Kier molecular flexibility index (Phi) is 7.84. The lowest BCUT2D eigenvalue weighted by Gasteiger charge is -2.41. The largest absolute Gasteiger partial charge is 0.480 e. The molecule has 2 aliphatic rings. The molecule has 4 rings (SSSR count). The minimum atomic E-state index is -5.07. The molecule has 2 aromatic carbocycles. The molecule has 2 fully saturated rings. The van der Waals surface area contributed by atoms with E-state index in [0.717, 1.165) is 36.4 Å². The van der Waals surface area contributed by atoms with Gasteiger partial charge in [-0.1, -0.05) is 41.4 Å². The van der Waals surface area contributed by atoms with Gasteiger partial charge in [0, 0.05) is 39.6 Å². The minimum absolute atomic E-state index is 0.164. The van der Waals surface area contributed by atoms with Crippen LogP contribution in [0.25, 0.3) is 0 Å². The lowest BCUT2D eigenvalue weighted by atomic mass is 9.62. The third-order valence-electron chi connectivity index (χ3n) is 7.49. The van der Waals surface area contributed by atoms with E-state index in [9.17, 15) is 29.6 Å². The van der Waals surface area contributed by atoms with Crippen LogP contribution in [0, 0.1) is 34.8 Å². The molecule has 1 saturated carbocycles. The molecule has 0 amide bonds. The third-order valence-corrected chi connectivity index (χ3v) is 8.01. The number of aliphatic hydroxyl groups is 1. The molecular formula is C25H19Cl2F5N2O5. The van der Waals surface area contributed by atoms with Gasteiger partial charge in [-0.25, -0.2) is 23.4 Å². The summed E-state index contributed by atoms with van der Waals surface area (Å²) >= 11 is 11.8. The number of aliphatic carboxylic acids is 1. The second-order valence-corrected chi connectivity index (χ2v) is 10.3. The van der Waals surface area contributed by atoms with E-state index in [2.05, 4.69) is 4.94 Å². The number of carbonyl (C=O) groups is 2. The van der Waals surface area contributed by atoms with Gasteiger partial charge in [-0.05, 0) is 42.5 Å². The van der Waals surface area contributed by atoms with Gasteiger partial charge >= 0.3 is 18.0 Å². The zero-order chi connectivity index (χ0) is 28.9. The summed E-state index contributed by atoms with van der Waals surface area (Å²) in [6.45, 7) is -0.914. The molecule has 14 heteroatoms. The Bertz CT molecular complexity index is 1350. The predicted octanol–water partition coefficient (Wildman–Crippen LogP) is 4.99. The van der Waals surface area contributed by atoms with Crippen LogP contribution in [0.3, 0.4) is 0 Å². The Morgan fingerprint density at radius 2 is 1.90 bits per heavy atom. The number of carboxylic acid groups (broad SMARTS) is 1. The number of nitriles is 1. The van der Waals surface area contributed by atoms with E-state index in [1.807, 2.05) is 0 Å². The number of hydrogen-bond donors (Lipinski definition) is 2. The summed E-state index contributed by atoms with van der Waals surface area (Å²) in [7, 11) is 0. The van der Waals surface area contributed by atoms with Crippen LogP contribution in [0.1, 0.15) is 29.9 Å². The lowest BCUT2D eigenvalue weighted by molar-refractivity contribution is -0.247. The molecule has 2 N–H and O–H groups in total. The van der Waals surface area contributed by atoms with Crippen molar-refractivity contribution in [1.29, 1.82) is 5.26 Å². The van der Waals surface area contributed by atoms with Crippen LogP contribution in [-0.4, -0.2) is 51.8 Å². The fraction of sp³-hybridized carbons (Fsp3) is 0.400. The van der Waals surface area contributed by atoms with Crippen molar-refractivity contribution in [3.63, 3.8) is 0 Å². The van der Waals surface area contributed by atoms with Gasteiger partial charge < -0.3 is 10.2 Å². The zero-order valence-corrected chi connectivity index (χ0v) is 21.1. The van der Waals surface area contributed by atoms with Crippen LogP contribution < -0.4 is 0 Å². The van der Waals surface area contributed by atoms with Crippen molar-refractivity contribution in [2.45, 2.75) is 42.3 Å². The van der Waals surface area contributed by atoms with Crippen LogP contribution in [0.2, 0.25) is 10.0 Å². The van der Waals surface area contributed by atoms with E-state index in [1.165, 1.54) is 0 Å². The lowest BCUT2D eigenvalue weighted by Crippen LogP contribution is -2.60. The van der Waals surface area contributed by atoms with Crippen LogP contribution >= 0.6 is 23.2 Å². The molecule has 1 saturated heterocycles. The maximum Gasteiger partial charge on any atom is 0.434 e. The molecule has 39 heavy (non-hydrogen) atoms. The second-order valence-electron chi connectivity index (χ2n) is 9.45. The molecule has 0 aromatic heterocycles. The quantitative estimate of drug-likeness (QED) is 0.328. The van der Waals surface area contributed by atoms with Gasteiger partial charge in [0.2, 0.25) is 0 Å². The molecule has 0 spiro atoms. The molecule has 208 valence electrons. The molecule has 1 aliphatic heterocycles. The number of rotatable bonds is 8. The second kappa shape index (κ2) is 10.5. The summed E-state index contributed by atoms with van der Waals surface area (Å²) in [4.78, 5) is 27.2. The van der Waals surface area contributed by atoms with Crippen LogP contribution in [0.15, 0.2) is 36.4 Å². The highest BCUT2D eigenvalue weighted by molar-refractivity contribution is 6.31. The Balaban J connectivity index is 2.20. The highest BCUT2D eigenvalue weighted by Gasteiger charge is 2.73. The number of nitrogens with zero attached hydrogens (tertiary/aromatic N) is 2. The highest BCUT2D eigenvalue weighted by atomic mass is 35.5.